The van der Waals surface area contributed by atoms with Crippen LogP contribution in [0.2, 0.25) is 0 Å². The van der Waals surface area contributed by atoms with Crippen molar-refractivity contribution < 1.29 is 9.72 Å². The highest BCUT2D eigenvalue weighted by atomic mass is 32.1. The zero-order valence-electron chi connectivity index (χ0n) is 12.8. The molecule has 0 aliphatic carbocycles. The number of aromatic amines is 1. The molecule has 1 aromatic heterocycles. The molecule has 0 radical (unpaired) electrons. The first-order valence-corrected chi connectivity index (χ1v) is 7.49. The fourth-order valence-electron chi connectivity index (χ4n) is 2.17. The molecule has 0 saturated heterocycles. The molecule has 0 bridgehead atoms. The second kappa shape index (κ2) is 7.14. The first-order chi connectivity index (χ1) is 10.9. The predicted octanol–water partition coefficient (Wildman–Crippen LogP) is 2.40. The molecular formula is C14H17N5O3S. The molecule has 2 aromatic rings. The highest BCUT2D eigenvalue weighted by Crippen LogP contribution is 2.12. The molecule has 0 aliphatic rings. The smallest absolute Gasteiger partial charge is 0.269 e. The molecule has 0 atom stereocenters. The van der Waals surface area contributed by atoms with E-state index >= 15 is 0 Å². The van der Waals surface area contributed by atoms with Crippen LogP contribution in [0.3, 0.4) is 0 Å². The quantitative estimate of drug-likeness (QED) is 0.479. The van der Waals surface area contributed by atoms with E-state index in [-0.39, 0.29) is 17.6 Å². The Kier molecular flexibility index (Phi) is 5.22. The number of nitro groups is 1. The minimum absolute atomic E-state index is 0.0472. The number of carbonyl (C=O) groups excluding carboxylic acids is 1. The Morgan fingerprint density at radius 2 is 2.09 bits per heavy atom. The predicted molar refractivity (Wildman–Crippen MR) is 86.9 cm³/mol. The third kappa shape index (κ3) is 4.01. The second-order valence-corrected chi connectivity index (χ2v) is 5.61. The largest absolute Gasteiger partial charge is 0.352 e. The van der Waals surface area contributed by atoms with Crippen LogP contribution in [0.25, 0.3) is 0 Å². The number of non-ortho nitro benzene ring substituents is 1. The van der Waals surface area contributed by atoms with Crippen molar-refractivity contribution in [2.24, 2.45) is 0 Å². The number of nitrogens with one attached hydrogen (secondary N) is 2. The maximum atomic E-state index is 12.0. The Morgan fingerprint density at radius 3 is 2.65 bits per heavy atom. The van der Waals surface area contributed by atoms with Crippen molar-refractivity contribution in [3.63, 3.8) is 0 Å². The number of hydrogen-bond donors (Lipinski definition) is 2. The third-order valence-electron chi connectivity index (χ3n) is 3.27. The summed E-state index contributed by atoms with van der Waals surface area (Å²) in [5.74, 6) is 0.485. The molecule has 9 heteroatoms. The van der Waals surface area contributed by atoms with E-state index in [9.17, 15) is 14.9 Å². The Labute approximate surface area is 137 Å². The molecule has 8 nitrogen and oxygen atoms in total. The van der Waals surface area contributed by atoms with Crippen LogP contribution in [-0.4, -0.2) is 32.1 Å². The van der Waals surface area contributed by atoms with Crippen molar-refractivity contribution in [1.82, 2.24) is 20.1 Å². The van der Waals surface area contributed by atoms with Gasteiger partial charge in [-0.05, 0) is 38.2 Å². The summed E-state index contributed by atoms with van der Waals surface area (Å²) >= 11 is 5.16. The Bertz CT molecular complexity index is 763. The van der Waals surface area contributed by atoms with Crippen molar-refractivity contribution in [2.45, 2.75) is 26.3 Å². The Balaban J connectivity index is 1.95. The van der Waals surface area contributed by atoms with Gasteiger partial charge in [-0.3, -0.25) is 20.0 Å². The first kappa shape index (κ1) is 16.8. The molecule has 0 unspecified atom stereocenters. The maximum Gasteiger partial charge on any atom is 0.269 e. The number of amides is 1. The Morgan fingerprint density at radius 1 is 1.43 bits per heavy atom. The summed E-state index contributed by atoms with van der Waals surface area (Å²) in [6, 6.07) is 5.65. The molecule has 0 saturated carbocycles. The van der Waals surface area contributed by atoms with Gasteiger partial charge in [-0.25, -0.2) is 0 Å². The second-order valence-electron chi connectivity index (χ2n) is 5.22. The SMILES string of the molecule is CC(C)n1c(CCNC(=O)c2ccc([N+](=O)[O-])cc2)n[nH]c1=S. The van der Waals surface area contributed by atoms with E-state index < -0.39 is 4.92 Å². The zero-order valence-corrected chi connectivity index (χ0v) is 13.6. The van der Waals surface area contributed by atoms with Crippen molar-refractivity contribution in [3.05, 3.63) is 50.5 Å². The summed E-state index contributed by atoms with van der Waals surface area (Å²) in [7, 11) is 0. The molecule has 0 fully saturated rings. The van der Waals surface area contributed by atoms with Crippen molar-refractivity contribution >= 4 is 23.8 Å². The zero-order chi connectivity index (χ0) is 17.0. The molecule has 0 spiro atoms. The number of H-pyrrole nitrogens is 1. The number of nitrogens with zero attached hydrogens (tertiary/aromatic N) is 3. The number of carbonyl (C=O) groups is 1. The molecule has 122 valence electrons. The van der Waals surface area contributed by atoms with E-state index in [1.807, 2.05) is 18.4 Å². The average molecular weight is 335 g/mol. The topological polar surface area (TPSA) is 106 Å². The molecule has 2 rings (SSSR count). The standard InChI is InChI=1S/C14H17N5O3S/c1-9(2)18-12(16-17-14(18)23)7-8-15-13(20)10-3-5-11(6-4-10)19(21)22/h3-6,9H,7-8H2,1-2H3,(H,15,20)(H,17,23). The Hall–Kier alpha value is -2.55. The number of benzene rings is 1. The van der Waals surface area contributed by atoms with Gasteiger partial charge in [0.05, 0.1) is 4.92 Å². The van der Waals surface area contributed by atoms with Crippen molar-refractivity contribution in [3.8, 4) is 0 Å². The van der Waals surface area contributed by atoms with Crippen LogP contribution in [0.1, 0.15) is 36.1 Å². The van der Waals surface area contributed by atoms with Gasteiger partial charge in [-0.1, -0.05) is 0 Å². The molecule has 1 heterocycles. The fourth-order valence-corrected chi connectivity index (χ4v) is 2.53. The van der Waals surface area contributed by atoms with Gasteiger partial charge >= 0.3 is 0 Å². The van der Waals surface area contributed by atoms with Crippen molar-refractivity contribution in [1.29, 1.82) is 0 Å². The number of rotatable bonds is 6. The monoisotopic (exact) mass is 335 g/mol. The summed E-state index contributed by atoms with van der Waals surface area (Å²) in [6.45, 7) is 4.40. The summed E-state index contributed by atoms with van der Waals surface area (Å²) in [6.07, 6.45) is 0.532. The van der Waals surface area contributed by atoms with Crippen LogP contribution in [0, 0.1) is 14.9 Å². The van der Waals surface area contributed by atoms with Crippen LogP contribution in [0.4, 0.5) is 5.69 Å². The number of hydrogen-bond acceptors (Lipinski definition) is 5. The van der Waals surface area contributed by atoms with Crippen LogP contribution in [0.15, 0.2) is 24.3 Å². The van der Waals surface area contributed by atoms with E-state index in [0.29, 0.717) is 23.3 Å². The first-order valence-electron chi connectivity index (χ1n) is 7.08. The molecule has 2 N–H and O–H groups in total. The molecule has 23 heavy (non-hydrogen) atoms. The summed E-state index contributed by atoms with van der Waals surface area (Å²) in [4.78, 5) is 22.1. The van der Waals surface area contributed by atoms with Crippen LogP contribution < -0.4 is 5.32 Å². The van der Waals surface area contributed by atoms with Gasteiger partial charge in [0.15, 0.2) is 4.77 Å². The minimum atomic E-state index is -0.504. The van der Waals surface area contributed by atoms with Gasteiger partial charge in [-0.15, -0.1) is 0 Å². The maximum absolute atomic E-state index is 12.0. The van der Waals surface area contributed by atoms with Gasteiger partial charge < -0.3 is 9.88 Å². The minimum Gasteiger partial charge on any atom is -0.352 e. The van der Waals surface area contributed by atoms with Gasteiger partial charge in [-0.2, -0.15) is 5.10 Å². The molecular weight excluding hydrogens is 318 g/mol. The fraction of sp³-hybridized carbons (Fsp3) is 0.357. The van der Waals surface area contributed by atoms with E-state index in [1.54, 1.807) is 0 Å². The molecule has 0 aliphatic heterocycles. The summed E-state index contributed by atoms with van der Waals surface area (Å²) < 4.78 is 2.45. The van der Waals surface area contributed by atoms with E-state index in [1.165, 1.54) is 24.3 Å². The van der Waals surface area contributed by atoms with Crippen molar-refractivity contribution in [2.75, 3.05) is 6.54 Å². The van der Waals surface area contributed by atoms with Crippen LogP contribution in [-0.2, 0) is 6.42 Å². The molecule has 1 amide bonds. The lowest BCUT2D eigenvalue weighted by molar-refractivity contribution is -0.384. The van der Waals surface area contributed by atoms with E-state index in [0.717, 1.165) is 5.82 Å². The lowest BCUT2D eigenvalue weighted by Crippen LogP contribution is -2.26. The van der Waals surface area contributed by atoms with Crippen LogP contribution in [0.5, 0.6) is 0 Å². The van der Waals surface area contributed by atoms with E-state index in [4.69, 9.17) is 12.2 Å². The number of aromatic nitrogens is 3. The van der Waals surface area contributed by atoms with Gasteiger partial charge in [0, 0.05) is 36.7 Å². The normalized spacial score (nSPS) is 10.7. The summed E-state index contributed by atoms with van der Waals surface area (Å²) in [5.41, 5.74) is 0.326. The lowest BCUT2D eigenvalue weighted by atomic mass is 10.2. The number of nitro benzene ring substituents is 1. The van der Waals surface area contributed by atoms with Gasteiger partial charge in [0.2, 0.25) is 0 Å². The third-order valence-corrected chi connectivity index (χ3v) is 3.56. The summed E-state index contributed by atoms with van der Waals surface area (Å²) in [5, 5.41) is 20.2. The highest BCUT2D eigenvalue weighted by Gasteiger charge is 2.11. The van der Waals surface area contributed by atoms with Gasteiger partial charge in [0.1, 0.15) is 5.82 Å². The highest BCUT2D eigenvalue weighted by molar-refractivity contribution is 7.71. The van der Waals surface area contributed by atoms with E-state index in [2.05, 4.69) is 15.5 Å². The lowest BCUT2D eigenvalue weighted by Gasteiger charge is -2.10. The van der Waals surface area contributed by atoms with Gasteiger partial charge in [0.25, 0.3) is 11.6 Å². The van der Waals surface area contributed by atoms with Crippen LogP contribution >= 0.6 is 12.2 Å². The molecule has 1 aromatic carbocycles. The average Bonchev–Trinajstić information content (AvgIpc) is 2.88.